The largest absolute Gasteiger partial charge is 0.338 e. The van der Waals surface area contributed by atoms with Gasteiger partial charge in [0.25, 0.3) is 0 Å². The molecule has 4 heteroatoms. The van der Waals surface area contributed by atoms with Gasteiger partial charge in [-0.3, -0.25) is 0 Å². The number of rotatable bonds is 4. The first-order valence-corrected chi connectivity index (χ1v) is 10.3. The summed E-state index contributed by atoms with van der Waals surface area (Å²) < 4.78 is 0. The van der Waals surface area contributed by atoms with Crippen LogP contribution >= 0.6 is 0 Å². The summed E-state index contributed by atoms with van der Waals surface area (Å²) in [7, 11) is 0. The lowest BCUT2D eigenvalue weighted by Gasteiger charge is -2.56. The van der Waals surface area contributed by atoms with Crippen molar-refractivity contribution in [2.24, 2.45) is 23.2 Å². The van der Waals surface area contributed by atoms with Gasteiger partial charge in [0.05, 0.1) is 0 Å². The number of likely N-dealkylation sites (tertiary alicyclic amines) is 1. The van der Waals surface area contributed by atoms with Crippen molar-refractivity contribution in [1.29, 1.82) is 0 Å². The van der Waals surface area contributed by atoms with Crippen molar-refractivity contribution < 1.29 is 4.79 Å². The summed E-state index contributed by atoms with van der Waals surface area (Å²) in [5.41, 5.74) is 0.438. The van der Waals surface area contributed by atoms with Crippen LogP contribution in [-0.4, -0.2) is 42.6 Å². The molecule has 0 radical (unpaired) electrons. The minimum Gasteiger partial charge on any atom is -0.338 e. The number of amides is 2. The molecule has 5 aliphatic rings. The van der Waals surface area contributed by atoms with Crippen molar-refractivity contribution in [3.05, 3.63) is 0 Å². The second kappa shape index (κ2) is 6.51. The number of nitrogens with zero attached hydrogens (tertiary/aromatic N) is 1. The highest BCUT2D eigenvalue weighted by Gasteiger charge is 2.50. The molecule has 0 aromatic carbocycles. The van der Waals surface area contributed by atoms with Gasteiger partial charge in [0.2, 0.25) is 0 Å². The number of nitrogens with one attached hydrogen (secondary N) is 2. The minimum absolute atomic E-state index is 0.0775. The minimum atomic E-state index is 0.0775. The standard InChI is InChI=1S/C20H35N3O/c1-14(2)23-5-3-18(4-6-23)22-19(24)21-13-20-10-15-7-16(11-20)9-17(8-15)12-20/h14-18H,3-13H2,1-2H3,(H2,21,22,24). The van der Waals surface area contributed by atoms with Gasteiger partial charge in [-0.15, -0.1) is 0 Å². The molecule has 5 rings (SSSR count). The predicted octanol–water partition coefficient (Wildman–Crippen LogP) is 3.37. The van der Waals surface area contributed by atoms with Crippen molar-refractivity contribution in [2.45, 2.75) is 77.3 Å². The molecule has 0 spiro atoms. The zero-order chi connectivity index (χ0) is 16.7. The Bertz CT molecular complexity index is 432. The fourth-order valence-electron chi connectivity index (χ4n) is 6.57. The lowest BCUT2D eigenvalue weighted by atomic mass is 9.49. The Morgan fingerprint density at radius 3 is 2.08 bits per heavy atom. The molecule has 1 aliphatic heterocycles. The maximum Gasteiger partial charge on any atom is 0.315 e. The first-order valence-electron chi connectivity index (χ1n) is 10.3. The molecule has 0 aromatic heterocycles. The average Bonchev–Trinajstić information content (AvgIpc) is 2.52. The van der Waals surface area contributed by atoms with E-state index in [-0.39, 0.29) is 6.03 Å². The third-order valence-corrected chi connectivity index (χ3v) is 7.38. The van der Waals surface area contributed by atoms with Gasteiger partial charge in [0.1, 0.15) is 0 Å². The Balaban J connectivity index is 1.23. The Morgan fingerprint density at radius 1 is 1.04 bits per heavy atom. The summed E-state index contributed by atoms with van der Waals surface area (Å²) in [6.45, 7) is 7.64. The Kier molecular flexibility index (Phi) is 4.53. The number of piperidine rings is 1. The highest BCUT2D eigenvalue weighted by Crippen LogP contribution is 2.59. The first-order chi connectivity index (χ1) is 11.5. The molecular formula is C20H35N3O. The van der Waals surface area contributed by atoms with E-state index >= 15 is 0 Å². The monoisotopic (exact) mass is 333 g/mol. The van der Waals surface area contributed by atoms with Crippen LogP contribution in [0.1, 0.15) is 65.2 Å². The molecule has 24 heavy (non-hydrogen) atoms. The quantitative estimate of drug-likeness (QED) is 0.828. The molecule has 0 atom stereocenters. The van der Waals surface area contributed by atoms with Crippen LogP contribution in [-0.2, 0) is 0 Å². The average molecular weight is 334 g/mol. The molecule has 2 N–H and O–H groups in total. The molecule has 4 saturated carbocycles. The fraction of sp³-hybridized carbons (Fsp3) is 0.950. The van der Waals surface area contributed by atoms with E-state index in [4.69, 9.17) is 0 Å². The van der Waals surface area contributed by atoms with Crippen LogP contribution < -0.4 is 10.6 Å². The van der Waals surface area contributed by atoms with Crippen LogP contribution in [0.5, 0.6) is 0 Å². The lowest BCUT2D eigenvalue weighted by Crippen LogP contribution is -2.54. The molecule has 1 heterocycles. The van der Waals surface area contributed by atoms with Crippen molar-refractivity contribution in [2.75, 3.05) is 19.6 Å². The van der Waals surface area contributed by atoms with Crippen LogP contribution in [0.4, 0.5) is 4.79 Å². The Hall–Kier alpha value is -0.770. The maximum absolute atomic E-state index is 12.4. The first kappa shape index (κ1) is 16.7. The zero-order valence-electron chi connectivity index (χ0n) is 15.5. The second-order valence-corrected chi connectivity index (χ2v) is 9.65. The van der Waals surface area contributed by atoms with Crippen LogP contribution in [0, 0.1) is 23.2 Å². The van der Waals surface area contributed by atoms with E-state index in [0.717, 1.165) is 50.2 Å². The van der Waals surface area contributed by atoms with Gasteiger partial charge < -0.3 is 15.5 Å². The molecule has 4 nitrogen and oxygen atoms in total. The van der Waals surface area contributed by atoms with E-state index in [2.05, 4.69) is 29.4 Å². The van der Waals surface area contributed by atoms with E-state index in [9.17, 15) is 4.79 Å². The van der Waals surface area contributed by atoms with Crippen LogP contribution in [0.15, 0.2) is 0 Å². The molecule has 0 unspecified atom stereocenters. The van der Waals surface area contributed by atoms with Gasteiger partial charge in [-0.2, -0.15) is 0 Å². The molecule has 4 aliphatic carbocycles. The van der Waals surface area contributed by atoms with Gasteiger partial charge in [0, 0.05) is 31.7 Å². The fourth-order valence-corrected chi connectivity index (χ4v) is 6.57. The van der Waals surface area contributed by atoms with Gasteiger partial charge >= 0.3 is 6.03 Å². The highest BCUT2D eigenvalue weighted by molar-refractivity contribution is 5.74. The smallest absolute Gasteiger partial charge is 0.315 e. The lowest BCUT2D eigenvalue weighted by molar-refractivity contribution is -0.0498. The number of hydrogen-bond acceptors (Lipinski definition) is 2. The molecule has 1 saturated heterocycles. The van der Waals surface area contributed by atoms with Crippen LogP contribution in [0.3, 0.4) is 0 Å². The van der Waals surface area contributed by atoms with Gasteiger partial charge in [-0.05, 0) is 88.4 Å². The molecule has 0 aromatic rings. The van der Waals surface area contributed by atoms with Crippen molar-refractivity contribution in [3.8, 4) is 0 Å². The van der Waals surface area contributed by atoms with E-state index in [1.165, 1.54) is 38.5 Å². The summed E-state index contributed by atoms with van der Waals surface area (Å²) in [5, 5.41) is 6.49. The molecule has 4 bridgehead atoms. The summed E-state index contributed by atoms with van der Waals surface area (Å²) in [4.78, 5) is 14.9. The zero-order valence-corrected chi connectivity index (χ0v) is 15.5. The third-order valence-electron chi connectivity index (χ3n) is 7.38. The maximum atomic E-state index is 12.4. The normalized spacial score (nSPS) is 39.4. The molecular weight excluding hydrogens is 298 g/mol. The SMILES string of the molecule is CC(C)N1CCC(NC(=O)NCC23CC4CC(CC(C4)C2)C3)CC1. The molecule has 2 amide bonds. The number of urea groups is 1. The van der Waals surface area contributed by atoms with E-state index in [1.54, 1.807) is 0 Å². The van der Waals surface area contributed by atoms with Crippen LogP contribution in [0.2, 0.25) is 0 Å². The number of hydrogen-bond donors (Lipinski definition) is 2. The van der Waals surface area contributed by atoms with Gasteiger partial charge in [-0.25, -0.2) is 4.79 Å². The Labute approximate surface area is 147 Å². The molecule has 136 valence electrons. The number of carbonyl (C=O) groups excluding carboxylic acids is 1. The van der Waals surface area contributed by atoms with Crippen molar-refractivity contribution in [1.82, 2.24) is 15.5 Å². The van der Waals surface area contributed by atoms with E-state index in [0.29, 0.717) is 17.5 Å². The van der Waals surface area contributed by atoms with Crippen molar-refractivity contribution in [3.63, 3.8) is 0 Å². The Morgan fingerprint density at radius 2 is 1.58 bits per heavy atom. The summed E-state index contributed by atoms with van der Waals surface area (Å²) in [6.07, 6.45) is 10.7. The highest BCUT2D eigenvalue weighted by atomic mass is 16.2. The topological polar surface area (TPSA) is 44.4 Å². The van der Waals surface area contributed by atoms with Gasteiger partial charge in [0.15, 0.2) is 0 Å². The third kappa shape index (κ3) is 3.44. The summed E-state index contributed by atoms with van der Waals surface area (Å²) in [5.74, 6) is 2.88. The van der Waals surface area contributed by atoms with E-state index in [1.807, 2.05) is 0 Å². The second-order valence-electron chi connectivity index (χ2n) is 9.65. The van der Waals surface area contributed by atoms with E-state index < -0.39 is 0 Å². The molecule has 5 fully saturated rings. The number of carbonyl (C=O) groups is 1. The van der Waals surface area contributed by atoms with Gasteiger partial charge in [-0.1, -0.05) is 0 Å². The van der Waals surface area contributed by atoms with Crippen LogP contribution in [0.25, 0.3) is 0 Å². The summed E-state index contributed by atoms with van der Waals surface area (Å²) >= 11 is 0. The van der Waals surface area contributed by atoms with Crippen molar-refractivity contribution >= 4 is 6.03 Å². The predicted molar refractivity (Wildman–Crippen MR) is 96.9 cm³/mol. The summed E-state index contributed by atoms with van der Waals surface area (Å²) in [6, 6.07) is 1.06.